The fourth-order valence-electron chi connectivity index (χ4n) is 4.03. The van der Waals surface area contributed by atoms with E-state index >= 15 is 0 Å². The van der Waals surface area contributed by atoms with Crippen LogP contribution < -0.4 is 10.6 Å². The zero-order valence-corrected chi connectivity index (χ0v) is 17.3. The van der Waals surface area contributed by atoms with Crippen LogP contribution in [-0.2, 0) is 4.79 Å². The first-order valence-electron chi connectivity index (χ1n) is 10.4. The molecule has 2 aliphatic rings. The van der Waals surface area contributed by atoms with Crippen molar-refractivity contribution >= 4 is 11.9 Å². The number of guanidine groups is 1. The maximum atomic E-state index is 12.4. The minimum Gasteiger partial charge on any atom is -0.356 e. The van der Waals surface area contributed by atoms with Gasteiger partial charge in [0.1, 0.15) is 0 Å². The first-order chi connectivity index (χ1) is 12.4. The molecular weight excluding hydrogens is 326 g/mol. The van der Waals surface area contributed by atoms with Crippen molar-refractivity contribution in [3.05, 3.63) is 0 Å². The van der Waals surface area contributed by atoms with Crippen LogP contribution >= 0.6 is 0 Å². The number of likely N-dealkylation sites (tertiary alicyclic amines) is 2. The molecule has 6 nitrogen and oxygen atoms in total. The van der Waals surface area contributed by atoms with Crippen molar-refractivity contribution < 1.29 is 4.79 Å². The van der Waals surface area contributed by atoms with Crippen LogP contribution in [0.1, 0.15) is 65.7 Å². The maximum absolute atomic E-state index is 12.4. The summed E-state index contributed by atoms with van der Waals surface area (Å²) in [5.74, 6) is 1.04. The Kier molecular flexibility index (Phi) is 8.19. The van der Waals surface area contributed by atoms with Gasteiger partial charge in [0.05, 0.1) is 0 Å². The Balaban J connectivity index is 1.71. The lowest BCUT2D eigenvalue weighted by atomic mass is 9.98. The maximum Gasteiger partial charge on any atom is 0.224 e. The molecule has 2 saturated heterocycles. The number of rotatable bonds is 6. The smallest absolute Gasteiger partial charge is 0.224 e. The van der Waals surface area contributed by atoms with Crippen molar-refractivity contribution in [1.82, 2.24) is 20.4 Å². The molecule has 0 saturated carbocycles. The van der Waals surface area contributed by atoms with Gasteiger partial charge in [-0.05, 0) is 66.0 Å². The van der Waals surface area contributed by atoms with E-state index in [0.717, 1.165) is 31.9 Å². The Morgan fingerprint density at radius 1 is 1.08 bits per heavy atom. The van der Waals surface area contributed by atoms with Crippen molar-refractivity contribution in [2.24, 2.45) is 4.99 Å². The van der Waals surface area contributed by atoms with E-state index in [9.17, 15) is 4.79 Å². The number of aliphatic imine (C=N–C) groups is 1. The van der Waals surface area contributed by atoms with E-state index in [-0.39, 0.29) is 11.4 Å². The summed E-state index contributed by atoms with van der Waals surface area (Å²) in [5.41, 5.74) is 0.108. The minimum absolute atomic E-state index is 0.108. The fourth-order valence-corrected chi connectivity index (χ4v) is 4.03. The molecule has 2 aliphatic heterocycles. The summed E-state index contributed by atoms with van der Waals surface area (Å²) in [6.45, 7) is 11.5. The van der Waals surface area contributed by atoms with E-state index in [4.69, 9.17) is 0 Å². The predicted octanol–water partition coefficient (Wildman–Crippen LogP) is 2.21. The van der Waals surface area contributed by atoms with E-state index in [0.29, 0.717) is 19.0 Å². The Morgan fingerprint density at radius 3 is 2.42 bits per heavy atom. The molecule has 150 valence electrons. The highest BCUT2D eigenvalue weighted by Gasteiger charge is 2.28. The summed E-state index contributed by atoms with van der Waals surface area (Å²) in [7, 11) is 1.79. The Bertz CT molecular complexity index is 471. The van der Waals surface area contributed by atoms with Crippen LogP contribution in [0.4, 0.5) is 0 Å². The molecule has 0 aromatic heterocycles. The molecule has 2 heterocycles. The minimum atomic E-state index is 0.108. The van der Waals surface area contributed by atoms with Gasteiger partial charge in [0.25, 0.3) is 0 Å². The summed E-state index contributed by atoms with van der Waals surface area (Å²) >= 11 is 0. The normalized spacial score (nSPS) is 23.0. The van der Waals surface area contributed by atoms with Gasteiger partial charge < -0.3 is 15.5 Å². The SMILES string of the molecule is CN=C(NCCC(=O)N1CCCCC1C)NCC(C)(C)N1CCCCC1. The van der Waals surface area contributed by atoms with Crippen molar-refractivity contribution in [2.45, 2.75) is 77.3 Å². The van der Waals surface area contributed by atoms with E-state index in [1.165, 1.54) is 38.8 Å². The van der Waals surface area contributed by atoms with Crippen molar-refractivity contribution in [1.29, 1.82) is 0 Å². The molecule has 6 heteroatoms. The van der Waals surface area contributed by atoms with Gasteiger partial charge in [0.2, 0.25) is 5.91 Å². The number of piperidine rings is 2. The van der Waals surface area contributed by atoms with Gasteiger partial charge >= 0.3 is 0 Å². The molecule has 0 aliphatic carbocycles. The summed E-state index contributed by atoms with van der Waals surface area (Å²) in [5, 5.41) is 6.74. The number of carbonyl (C=O) groups is 1. The van der Waals surface area contributed by atoms with Crippen LogP contribution in [0.25, 0.3) is 0 Å². The molecule has 1 unspecified atom stereocenters. The number of nitrogens with zero attached hydrogens (tertiary/aromatic N) is 3. The van der Waals surface area contributed by atoms with Gasteiger partial charge in [-0.3, -0.25) is 14.7 Å². The number of hydrogen-bond donors (Lipinski definition) is 2. The lowest BCUT2D eigenvalue weighted by molar-refractivity contribution is -0.134. The van der Waals surface area contributed by atoms with E-state index < -0.39 is 0 Å². The van der Waals surface area contributed by atoms with Crippen LogP contribution in [0.5, 0.6) is 0 Å². The summed E-state index contributed by atoms with van der Waals surface area (Å²) in [6.07, 6.45) is 7.99. The first-order valence-corrected chi connectivity index (χ1v) is 10.4. The van der Waals surface area contributed by atoms with Crippen molar-refractivity contribution in [3.8, 4) is 0 Å². The van der Waals surface area contributed by atoms with Crippen LogP contribution in [0.2, 0.25) is 0 Å². The summed E-state index contributed by atoms with van der Waals surface area (Å²) < 4.78 is 0. The largest absolute Gasteiger partial charge is 0.356 e. The number of carbonyl (C=O) groups excluding carboxylic acids is 1. The second kappa shape index (κ2) is 10.1. The highest BCUT2D eigenvalue weighted by Crippen LogP contribution is 2.20. The first kappa shape index (κ1) is 21.0. The molecule has 2 fully saturated rings. The monoisotopic (exact) mass is 365 g/mol. The highest BCUT2D eigenvalue weighted by atomic mass is 16.2. The molecule has 1 atom stereocenters. The van der Waals surface area contributed by atoms with Crippen LogP contribution in [0, 0.1) is 0 Å². The number of nitrogens with one attached hydrogen (secondary N) is 2. The summed E-state index contributed by atoms with van der Waals surface area (Å²) in [4.78, 5) is 21.3. The summed E-state index contributed by atoms with van der Waals surface area (Å²) in [6, 6.07) is 0.388. The van der Waals surface area contributed by atoms with Gasteiger partial charge in [-0.15, -0.1) is 0 Å². The number of hydrogen-bond acceptors (Lipinski definition) is 3. The predicted molar refractivity (Wildman–Crippen MR) is 109 cm³/mol. The third kappa shape index (κ3) is 6.15. The Labute approximate surface area is 159 Å². The van der Waals surface area contributed by atoms with E-state index in [1.807, 2.05) is 4.90 Å². The molecule has 2 N–H and O–H groups in total. The van der Waals surface area contributed by atoms with Gasteiger partial charge in [0, 0.05) is 44.7 Å². The van der Waals surface area contributed by atoms with Crippen LogP contribution in [-0.4, -0.2) is 73.0 Å². The Hall–Kier alpha value is -1.30. The standard InChI is InChI=1S/C20H39N5O/c1-17-10-6-9-15-25(17)18(26)11-12-22-19(21-4)23-16-20(2,3)24-13-7-5-8-14-24/h17H,5-16H2,1-4H3,(H2,21,22,23). The van der Waals surface area contributed by atoms with Gasteiger partial charge in [-0.25, -0.2) is 0 Å². The Morgan fingerprint density at radius 2 is 1.77 bits per heavy atom. The van der Waals surface area contributed by atoms with Gasteiger partial charge in [-0.1, -0.05) is 6.42 Å². The topological polar surface area (TPSA) is 60.0 Å². The average Bonchev–Trinajstić information content (AvgIpc) is 2.65. The van der Waals surface area contributed by atoms with Crippen molar-refractivity contribution in [2.75, 3.05) is 39.8 Å². The molecule has 0 spiro atoms. The van der Waals surface area contributed by atoms with Gasteiger partial charge in [0.15, 0.2) is 5.96 Å². The van der Waals surface area contributed by atoms with E-state index in [1.54, 1.807) is 7.05 Å². The molecular formula is C20H39N5O. The zero-order valence-electron chi connectivity index (χ0n) is 17.3. The lowest BCUT2D eigenvalue weighted by Crippen LogP contribution is -2.55. The molecule has 0 bridgehead atoms. The molecule has 0 radical (unpaired) electrons. The van der Waals surface area contributed by atoms with Crippen molar-refractivity contribution in [3.63, 3.8) is 0 Å². The third-order valence-corrected chi connectivity index (χ3v) is 5.88. The van der Waals surface area contributed by atoms with Crippen LogP contribution in [0.15, 0.2) is 4.99 Å². The second-order valence-electron chi connectivity index (χ2n) is 8.39. The number of amides is 1. The highest BCUT2D eigenvalue weighted by molar-refractivity contribution is 5.81. The quantitative estimate of drug-likeness (QED) is 0.560. The second-order valence-corrected chi connectivity index (χ2v) is 8.39. The molecule has 26 heavy (non-hydrogen) atoms. The molecule has 0 aromatic carbocycles. The third-order valence-electron chi connectivity index (χ3n) is 5.88. The molecule has 1 amide bonds. The van der Waals surface area contributed by atoms with Gasteiger partial charge in [-0.2, -0.15) is 0 Å². The molecule has 2 rings (SSSR count). The zero-order chi connectivity index (χ0) is 19.0. The lowest BCUT2D eigenvalue weighted by Gasteiger charge is -2.41. The van der Waals surface area contributed by atoms with E-state index in [2.05, 4.69) is 41.3 Å². The van der Waals surface area contributed by atoms with Crippen LogP contribution in [0.3, 0.4) is 0 Å². The average molecular weight is 366 g/mol. The molecule has 0 aromatic rings. The fraction of sp³-hybridized carbons (Fsp3) is 0.900.